The van der Waals surface area contributed by atoms with Gasteiger partial charge >= 0.3 is 0 Å². The number of hydrogen-bond donors (Lipinski definition) is 1. The first-order valence-corrected chi connectivity index (χ1v) is 9.54. The van der Waals surface area contributed by atoms with E-state index in [-0.39, 0.29) is 5.91 Å². The molecule has 1 aliphatic carbocycles. The van der Waals surface area contributed by atoms with E-state index in [4.69, 9.17) is 4.74 Å². The average molecular weight is 366 g/mol. The Balaban J connectivity index is 1.13. The smallest absolute Gasteiger partial charge is 0.274 e. The highest BCUT2D eigenvalue weighted by Crippen LogP contribution is 2.39. The summed E-state index contributed by atoms with van der Waals surface area (Å²) >= 11 is 0. The molecular formula is C19H22N6O2. The van der Waals surface area contributed by atoms with Crippen molar-refractivity contribution in [1.82, 2.24) is 29.7 Å². The summed E-state index contributed by atoms with van der Waals surface area (Å²) in [4.78, 5) is 18.7. The Morgan fingerprint density at radius 2 is 2.07 bits per heavy atom. The molecule has 1 saturated carbocycles. The Morgan fingerprint density at radius 3 is 2.89 bits per heavy atom. The summed E-state index contributed by atoms with van der Waals surface area (Å²) in [6.45, 7) is 2.10. The van der Waals surface area contributed by atoms with E-state index in [1.165, 1.54) is 12.8 Å². The van der Waals surface area contributed by atoms with Crippen LogP contribution in [-0.4, -0.2) is 55.3 Å². The zero-order valence-corrected chi connectivity index (χ0v) is 15.0. The number of nitrogens with zero attached hydrogens (tertiary/aromatic N) is 5. The molecule has 0 atom stereocenters. The molecular weight excluding hydrogens is 344 g/mol. The van der Waals surface area contributed by atoms with Crippen molar-refractivity contribution in [1.29, 1.82) is 0 Å². The number of amides is 1. The Labute approximate surface area is 156 Å². The summed E-state index contributed by atoms with van der Waals surface area (Å²) in [6, 6.07) is 5.66. The summed E-state index contributed by atoms with van der Waals surface area (Å²) in [5, 5.41) is 11.6. The minimum atomic E-state index is 0.0322. The number of aromatic amines is 1. The summed E-state index contributed by atoms with van der Waals surface area (Å²) in [5.41, 5.74) is 2.45. The van der Waals surface area contributed by atoms with E-state index in [1.54, 1.807) is 16.9 Å². The molecule has 0 unspecified atom stereocenters. The number of ether oxygens (including phenoxy) is 1. The van der Waals surface area contributed by atoms with Crippen molar-refractivity contribution in [2.45, 2.75) is 31.6 Å². The Morgan fingerprint density at radius 1 is 1.22 bits per heavy atom. The lowest BCUT2D eigenvalue weighted by atomic mass is 9.97. The fourth-order valence-corrected chi connectivity index (χ4v) is 3.59. The highest BCUT2D eigenvalue weighted by Gasteiger charge is 2.29. The number of nitrogens with one attached hydrogen (secondary N) is 1. The predicted octanol–water partition coefficient (Wildman–Crippen LogP) is 2.26. The maximum Gasteiger partial charge on any atom is 0.274 e. The van der Waals surface area contributed by atoms with E-state index in [0.717, 1.165) is 37.3 Å². The van der Waals surface area contributed by atoms with Gasteiger partial charge in [0, 0.05) is 43.2 Å². The standard InChI is InChI=1S/C19H22N6O2/c26-19(16-11-15(21-22-16)14-1-2-14)24-8-5-13(6-9-24)12-27-18-4-3-17-20-7-10-25(17)23-18/h3-4,7,10-11,13-14H,1-2,5-6,8-9,12H2,(H,21,22). The van der Waals surface area contributed by atoms with Gasteiger partial charge in [0.05, 0.1) is 6.61 Å². The van der Waals surface area contributed by atoms with Gasteiger partial charge in [0.1, 0.15) is 5.69 Å². The highest BCUT2D eigenvalue weighted by molar-refractivity contribution is 5.92. The van der Waals surface area contributed by atoms with Crippen molar-refractivity contribution >= 4 is 11.6 Å². The second kappa shape index (κ2) is 6.68. The van der Waals surface area contributed by atoms with Crippen LogP contribution >= 0.6 is 0 Å². The lowest BCUT2D eigenvalue weighted by Crippen LogP contribution is -2.39. The molecule has 0 bridgehead atoms. The Kier molecular flexibility index (Phi) is 4.03. The van der Waals surface area contributed by atoms with E-state index in [9.17, 15) is 4.79 Å². The van der Waals surface area contributed by atoms with Crippen LogP contribution in [0.15, 0.2) is 30.6 Å². The number of likely N-dealkylation sites (tertiary alicyclic amines) is 1. The van der Waals surface area contributed by atoms with Gasteiger partial charge in [0.25, 0.3) is 5.91 Å². The SMILES string of the molecule is O=C(c1cc(C2CC2)[nH]n1)N1CCC(COc2ccc3nccn3n2)CC1. The average Bonchev–Trinajstić information content (AvgIpc) is 3.25. The third kappa shape index (κ3) is 3.39. The molecule has 27 heavy (non-hydrogen) atoms. The first-order chi connectivity index (χ1) is 13.3. The molecule has 1 saturated heterocycles. The van der Waals surface area contributed by atoms with Gasteiger partial charge in [0.15, 0.2) is 5.65 Å². The monoisotopic (exact) mass is 366 g/mol. The number of imidazole rings is 1. The van der Waals surface area contributed by atoms with Crippen LogP contribution in [-0.2, 0) is 0 Å². The number of fused-ring (bicyclic) bond motifs is 1. The molecule has 140 valence electrons. The van der Waals surface area contributed by atoms with Crippen LogP contribution in [0.25, 0.3) is 5.65 Å². The van der Waals surface area contributed by atoms with Crippen molar-refractivity contribution in [3.8, 4) is 5.88 Å². The van der Waals surface area contributed by atoms with Gasteiger partial charge in [-0.1, -0.05) is 0 Å². The minimum absolute atomic E-state index is 0.0322. The third-order valence-corrected chi connectivity index (χ3v) is 5.43. The van der Waals surface area contributed by atoms with Gasteiger partial charge in [0.2, 0.25) is 5.88 Å². The number of aromatic nitrogens is 5. The number of hydrogen-bond acceptors (Lipinski definition) is 5. The largest absolute Gasteiger partial charge is 0.476 e. The number of H-pyrrole nitrogens is 1. The van der Waals surface area contributed by atoms with Crippen LogP contribution in [0.2, 0.25) is 0 Å². The molecule has 0 aromatic carbocycles. The quantitative estimate of drug-likeness (QED) is 0.748. The van der Waals surface area contributed by atoms with Crippen LogP contribution in [0.4, 0.5) is 0 Å². The minimum Gasteiger partial charge on any atom is -0.476 e. The molecule has 2 aliphatic rings. The van der Waals surface area contributed by atoms with Gasteiger partial charge in [-0.15, -0.1) is 5.10 Å². The molecule has 1 aliphatic heterocycles. The molecule has 8 nitrogen and oxygen atoms in total. The molecule has 0 radical (unpaired) electrons. The van der Waals surface area contributed by atoms with Crippen LogP contribution in [0.5, 0.6) is 5.88 Å². The van der Waals surface area contributed by atoms with Gasteiger partial charge in [-0.2, -0.15) is 5.10 Å². The first-order valence-electron chi connectivity index (χ1n) is 9.54. The number of piperidine rings is 1. The Bertz CT molecular complexity index is 952. The lowest BCUT2D eigenvalue weighted by molar-refractivity contribution is 0.0653. The van der Waals surface area contributed by atoms with Gasteiger partial charge < -0.3 is 9.64 Å². The fourth-order valence-electron chi connectivity index (χ4n) is 3.59. The molecule has 8 heteroatoms. The maximum atomic E-state index is 12.6. The molecule has 0 spiro atoms. The molecule has 1 amide bonds. The topological polar surface area (TPSA) is 88.4 Å². The molecule has 4 heterocycles. The Hall–Kier alpha value is -2.90. The van der Waals surface area contributed by atoms with Crippen molar-refractivity contribution in [3.05, 3.63) is 42.0 Å². The molecule has 1 N–H and O–H groups in total. The van der Waals surface area contributed by atoms with E-state index in [0.29, 0.717) is 30.0 Å². The van der Waals surface area contributed by atoms with Crippen molar-refractivity contribution in [2.75, 3.05) is 19.7 Å². The lowest BCUT2D eigenvalue weighted by Gasteiger charge is -2.31. The normalized spacial score (nSPS) is 18.1. The fraction of sp³-hybridized carbons (Fsp3) is 0.474. The van der Waals surface area contributed by atoms with Crippen LogP contribution in [0.3, 0.4) is 0 Å². The second-order valence-corrected chi connectivity index (χ2v) is 7.43. The molecule has 5 rings (SSSR count). The highest BCUT2D eigenvalue weighted by atomic mass is 16.5. The zero-order valence-electron chi connectivity index (χ0n) is 15.0. The predicted molar refractivity (Wildman–Crippen MR) is 97.7 cm³/mol. The second-order valence-electron chi connectivity index (χ2n) is 7.43. The van der Waals surface area contributed by atoms with Crippen LogP contribution < -0.4 is 4.74 Å². The summed E-state index contributed by atoms with van der Waals surface area (Å²) in [5.74, 6) is 1.64. The maximum absolute atomic E-state index is 12.6. The first kappa shape index (κ1) is 16.3. The molecule has 3 aromatic heterocycles. The van der Waals surface area contributed by atoms with E-state index < -0.39 is 0 Å². The van der Waals surface area contributed by atoms with E-state index in [2.05, 4.69) is 20.3 Å². The van der Waals surface area contributed by atoms with Gasteiger partial charge in [-0.05, 0) is 43.7 Å². The van der Waals surface area contributed by atoms with Gasteiger partial charge in [-0.25, -0.2) is 9.50 Å². The van der Waals surface area contributed by atoms with E-state index in [1.807, 2.05) is 23.1 Å². The molecule has 2 fully saturated rings. The molecule has 3 aromatic rings. The van der Waals surface area contributed by atoms with Crippen LogP contribution in [0, 0.1) is 5.92 Å². The van der Waals surface area contributed by atoms with Crippen LogP contribution in [0.1, 0.15) is 47.8 Å². The third-order valence-electron chi connectivity index (χ3n) is 5.43. The van der Waals surface area contributed by atoms with Crippen molar-refractivity contribution in [3.63, 3.8) is 0 Å². The van der Waals surface area contributed by atoms with Gasteiger partial charge in [-0.3, -0.25) is 9.89 Å². The van der Waals surface area contributed by atoms with Crippen molar-refractivity contribution in [2.24, 2.45) is 5.92 Å². The summed E-state index contributed by atoms with van der Waals surface area (Å²) in [6.07, 6.45) is 7.77. The zero-order chi connectivity index (χ0) is 18.2. The summed E-state index contributed by atoms with van der Waals surface area (Å²) < 4.78 is 7.56. The summed E-state index contributed by atoms with van der Waals surface area (Å²) in [7, 11) is 0. The van der Waals surface area contributed by atoms with E-state index >= 15 is 0 Å². The van der Waals surface area contributed by atoms with Crippen molar-refractivity contribution < 1.29 is 9.53 Å². The number of carbonyl (C=O) groups excluding carboxylic acids is 1. The number of rotatable bonds is 5. The number of carbonyl (C=O) groups is 1.